The zero-order valence-electron chi connectivity index (χ0n) is 9.16. The number of amides is 1. The van der Waals surface area contributed by atoms with Crippen molar-refractivity contribution in [2.24, 2.45) is 0 Å². The third kappa shape index (κ3) is 2.89. The molecule has 2 aromatic rings. The van der Waals surface area contributed by atoms with Gasteiger partial charge in [-0.3, -0.25) is 9.78 Å². The Balaban J connectivity index is 2.04. The van der Waals surface area contributed by atoms with Gasteiger partial charge in [0.1, 0.15) is 4.88 Å². The van der Waals surface area contributed by atoms with E-state index in [4.69, 9.17) is 5.11 Å². The number of nitrogens with one attached hydrogen (secondary N) is 1. The molecule has 0 atom stereocenters. The number of hydrogen-bond acceptors (Lipinski definition) is 5. The van der Waals surface area contributed by atoms with Crippen LogP contribution >= 0.6 is 11.3 Å². The van der Waals surface area contributed by atoms with Crippen LogP contribution in [0.25, 0.3) is 0 Å². The van der Waals surface area contributed by atoms with E-state index in [1.807, 2.05) is 0 Å². The first-order chi connectivity index (χ1) is 8.66. The van der Waals surface area contributed by atoms with Crippen LogP contribution in [0.4, 0.5) is 5.69 Å². The van der Waals surface area contributed by atoms with Gasteiger partial charge in [0.2, 0.25) is 5.91 Å². The lowest BCUT2D eigenvalue weighted by molar-refractivity contribution is -0.115. The number of anilines is 1. The fraction of sp³-hybridized carbons (Fsp3) is 0.0909. The Bertz CT molecular complexity index is 568. The van der Waals surface area contributed by atoms with E-state index >= 15 is 0 Å². The number of pyridine rings is 1. The van der Waals surface area contributed by atoms with Crippen molar-refractivity contribution >= 4 is 28.9 Å². The molecule has 0 radical (unpaired) electrons. The van der Waals surface area contributed by atoms with E-state index < -0.39 is 5.97 Å². The Labute approximate surface area is 106 Å². The normalized spacial score (nSPS) is 10.0. The average molecular weight is 263 g/mol. The van der Waals surface area contributed by atoms with Crippen LogP contribution in [0, 0.1) is 0 Å². The zero-order chi connectivity index (χ0) is 13.0. The van der Waals surface area contributed by atoms with Crippen molar-refractivity contribution in [2.75, 3.05) is 5.32 Å². The van der Waals surface area contributed by atoms with Crippen LogP contribution in [0.2, 0.25) is 0 Å². The van der Waals surface area contributed by atoms with Crippen LogP contribution in [0.1, 0.15) is 15.4 Å². The fourth-order valence-electron chi connectivity index (χ4n) is 1.36. The third-order valence-electron chi connectivity index (χ3n) is 2.11. The van der Waals surface area contributed by atoms with Crippen LogP contribution in [0.3, 0.4) is 0 Å². The molecule has 2 heterocycles. The molecule has 2 N–H and O–H groups in total. The van der Waals surface area contributed by atoms with Crippen molar-refractivity contribution in [1.82, 2.24) is 9.97 Å². The summed E-state index contributed by atoms with van der Waals surface area (Å²) in [4.78, 5) is 30.4. The second kappa shape index (κ2) is 5.37. The minimum atomic E-state index is -1.07. The highest BCUT2D eigenvalue weighted by Crippen LogP contribution is 2.14. The summed E-state index contributed by atoms with van der Waals surface area (Å²) in [6.07, 6.45) is 3.04. The topological polar surface area (TPSA) is 92.2 Å². The second-order valence-electron chi connectivity index (χ2n) is 3.40. The van der Waals surface area contributed by atoms with E-state index in [2.05, 4.69) is 15.3 Å². The van der Waals surface area contributed by atoms with Gasteiger partial charge in [0.05, 0.1) is 29.5 Å². The maximum atomic E-state index is 11.7. The van der Waals surface area contributed by atoms with Crippen LogP contribution in [-0.4, -0.2) is 27.0 Å². The molecule has 2 aromatic heterocycles. The first-order valence-electron chi connectivity index (χ1n) is 5.02. The molecule has 0 fully saturated rings. The molecule has 0 saturated heterocycles. The van der Waals surface area contributed by atoms with Crippen LogP contribution in [0.5, 0.6) is 0 Å². The Morgan fingerprint density at radius 1 is 1.44 bits per heavy atom. The van der Waals surface area contributed by atoms with E-state index in [9.17, 15) is 9.59 Å². The molecule has 7 heteroatoms. The Hall–Kier alpha value is -2.28. The van der Waals surface area contributed by atoms with Gasteiger partial charge >= 0.3 is 5.97 Å². The Morgan fingerprint density at radius 2 is 2.28 bits per heavy atom. The van der Waals surface area contributed by atoms with Gasteiger partial charge in [-0.25, -0.2) is 9.78 Å². The number of aromatic nitrogens is 2. The highest BCUT2D eigenvalue weighted by atomic mass is 32.1. The maximum absolute atomic E-state index is 11.7. The van der Waals surface area contributed by atoms with Gasteiger partial charge < -0.3 is 10.4 Å². The molecule has 6 nitrogen and oxygen atoms in total. The smallest absolute Gasteiger partial charge is 0.347 e. The lowest BCUT2D eigenvalue weighted by Crippen LogP contribution is -2.16. The lowest BCUT2D eigenvalue weighted by atomic mass is 10.2. The van der Waals surface area contributed by atoms with E-state index in [1.54, 1.807) is 18.3 Å². The average Bonchev–Trinajstić information content (AvgIpc) is 2.78. The molecule has 0 saturated carbocycles. The van der Waals surface area contributed by atoms with Gasteiger partial charge in [0.15, 0.2) is 0 Å². The monoisotopic (exact) mass is 263 g/mol. The van der Waals surface area contributed by atoms with Gasteiger partial charge in [-0.05, 0) is 12.1 Å². The number of rotatable bonds is 4. The van der Waals surface area contributed by atoms with E-state index in [0.29, 0.717) is 5.69 Å². The summed E-state index contributed by atoms with van der Waals surface area (Å²) in [6, 6.07) is 3.39. The zero-order valence-corrected chi connectivity index (χ0v) is 9.98. The number of carbonyl (C=O) groups is 2. The predicted octanol–water partition coefficient (Wildman–Crippen LogP) is 1.42. The standard InChI is InChI=1S/C11H9N3O3S/c15-9(14-7-2-1-3-12-5-7)4-8-10(11(16)17)18-6-13-8/h1-3,5-6H,4H2,(H,14,15)(H,16,17). The molecule has 0 aliphatic carbocycles. The maximum Gasteiger partial charge on any atom is 0.347 e. The van der Waals surface area contributed by atoms with Crippen molar-refractivity contribution in [3.05, 3.63) is 40.6 Å². The highest BCUT2D eigenvalue weighted by Gasteiger charge is 2.16. The number of carbonyl (C=O) groups excluding carboxylic acids is 1. The number of carboxylic acids is 1. The second-order valence-corrected chi connectivity index (χ2v) is 4.25. The van der Waals surface area contributed by atoms with Gasteiger partial charge in [-0.15, -0.1) is 11.3 Å². The summed E-state index contributed by atoms with van der Waals surface area (Å²) in [6.45, 7) is 0. The molecular formula is C11H9N3O3S. The number of nitrogens with zero attached hydrogens (tertiary/aromatic N) is 2. The summed E-state index contributed by atoms with van der Waals surface area (Å²) >= 11 is 1.00. The van der Waals surface area contributed by atoms with Gasteiger partial charge in [0.25, 0.3) is 0 Å². The molecule has 0 aliphatic rings. The summed E-state index contributed by atoms with van der Waals surface area (Å²) < 4.78 is 0. The summed E-state index contributed by atoms with van der Waals surface area (Å²) in [5.41, 5.74) is 2.25. The third-order valence-corrected chi connectivity index (χ3v) is 2.97. The molecule has 0 bridgehead atoms. The number of aromatic carboxylic acids is 1. The van der Waals surface area contributed by atoms with E-state index in [1.165, 1.54) is 11.7 Å². The van der Waals surface area contributed by atoms with Gasteiger partial charge in [0, 0.05) is 6.20 Å². The molecule has 0 spiro atoms. The molecule has 92 valence electrons. The highest BCUT2D eigenvalue weighted by molar-refractivity contribution is 7.11. The Kier molecular flexibility index (Phi) is 3.63. The molecule has 18 heavy (non-hydrogen) atoms. The van der Waals surface area contributed by atoms with Crippen molar-refractivity contribution in [1.29, 1.82) is 0 Å². The molecular weight excluding hydrogens is 254 g/mol. The summed E-state index contributed by atoms with van der Waals surface area (Å²) in [7, 11) is 0. The van der Waals surface area contributed by atoms with Crippen LogP contribution < -0.4 is 5.32 Å². The first kappa shape index (κ1) is 12.2. The van der Waals surface area contributed by atoms with Crippen molar-refractivity contribution in [3.8, 4) is 0 Å². The van der Waals surface area contributed by atoms with Gasteiger partial charge in [-0.2, -0.15) is 0 Å². The molecule has 0 unspecified atom stereocenters. The van der Waals surface area contributed by atoms with Crippen LogP contribution in [0.15, 0.2) is 30.0 Å². The van der Waals surface area contributed by atoms with Gasteiger partial charge in [-0.1, -0.05) is 0 Å². The number of carboxylic acid groups (broad SMARTS) is 1. The summed E-state index contributed by atoms with van der Waals surface area (Å²) in [5, 5.41) is 11.5. The number of thiazole rings is 1. The van der Waals surface area contributed by atoms with Crippen LogP contribution in [-0.2, 0) is 11.2 Å². The van der Waals surface area contributed by atoms with Crippen molar-refractivity contribution < 1.29 is 14.7 Å². The quantitative estimate of drug-likeness (QED) is 0.870. The summed E-state index contributed by atoms with van der Waals surface area (Å²) in [5.74, 6) is -1.39. The van der Waals surface area contributed by atoms with E-state index in [0.717, 1.165) is 11.3 Å². The molecule has 0 aliphatic heterocycles. The SMILES string of the molecule is O=C(Cc1ncsc1C(=O)O)Nc1cccnc1. The largest absolute Gasteiger partial charge is 0.477 e. The first-order valence-corrected chi connectivity index (χ1v) is 5.90. The minimum Gasteiger partial charge on any atom is -0.477 e. The predicted molar refractivity (Wildman–Crippen MR) is 65.6 cm³/mol. The van der Waals surface area contributed by atoms with E-state index in [-0.39, 0.29) is 22.9 Å². The molecule has 1 amide bonds. The Morgan fingerprint density at radius 3 is 2.94 bits per heavy atom. The van der Waals surface area contributed by atoms with Crippen molar-refractivity contribution in [3.63, 3.8) is 0 Å². The number of hydrogen-bond donors (Lipinski definition) is 2. The molecule has 2 rings (SSSR count). The van der Waals surface area contributed by atoms with Crippen molar-refractivity contribution in [2.45, 2.75) is 6.42 Å². The molecule has 0 aromatic carbocycles. The lowest BCUT2D eigenvalue weighted by Gasteiger charge is -2.03. The fourth-order valence-corrected chi connectivity index (χ4v) is 2.01. The minimum absolute atomic E-state index is 0.0694.